The van der Waals surface area contributed by atoms with Gasteiger partial charge in [0.1, 0.15) is 0 Å². The lowest BCUT2D eigenvalue weighted by molar-refractivity contribution is -0.136. The molecule has 0 aromatic heterocycles. The molecule has 156 valence electrons. The van der Waals surface area contributed by atoms with Gasteiger partial charge in [-0.05, 0) is 58.3 Å². The fraction of sp³-hybridized carbons (Fsp3) is 0.938. The van der Waals surface area contributed by atoms with Crippen molar-refractivity contribution in [1.29, 1.82) is 0 Å². The van der Waals surface area contributed by atoms with Crippen molar-refractivity contribution in [3.8, 4) is 0 Å². The summed E-state index contributed by atoms with van der Waals surface area (Å²) in [5.41, 5.74) is 0. The first-order valence-electron chi connectivity index (χ1n) is 9.18. The molecule has 0 saturated heterocycles. The van der Waals surface area contributed by atoms with Crippen molar-refractivity contribution in [2.75, 3.05) is 24.7 Å². The molecule has 0 heterocycles. The Hall–Kier alpha value is 0.311. The van der Waals surface area contributed by atoms with E-state index in [-0.39, 0.29) is 13.0 Å². The molecular formula is C16H38O6SSi3. The minimum atomic E-state index is -2.21. The van der Waals surface area contributed by atoms with Gasteiger partial charge < -0.3 is 23.2 Å². The van der Waals surface area contributed by atoms with Crippen LogP contribution in [0.2, 0.25) is 51.9 Å². The van der Waals surface area contributed by atoms with Crippen molar-refractivity contribution in [2.24, 2.45) is 0 Å². The Morgan fingerprint density at radius 2 is 1.58 bits per heavy atom. The molecule has 10 heteroatoms. The second-order valence-corrected chi connectivity index (χ2v) is 22.6. The molecule has 0 aliphatic rings. The Kier molecular flexibility index (Phi) is 12.1. The largest absolute Gasteiger partial charge is 0.481 e. The summed E-state index contributed by atoms with van der Waals surface area (Å²) in [7, 11) is -5.56. The van der Waals surface area contributed by atoms with Gasteiger partial charge in [-0.15, -0.1) is 0 Å². The first kappa shape index (κ1) is 26.3. The van der Waals surface area contributed by atoms with Gasteiger partial charge in [0, 0.05) is 18.1 Å². The Labute approximate surface area is 166 Å². The lowest BCUT2D eigenvalue weighted by atomic mass is 10.4. The molecule has 0 aromatic rings. The fourth-order valence-corrected chi connectivity index (χ4v) is 15.9. The molecule has 0 amide bonds. The highest BCUT2D eigenvalue weighted by atomic mass is 32.2. The predicted octanol–water partition coefficient (Wildman–Crippen LogP) is 3.74. The van der Waals surface area contributed by atoms with Crippen LogP contribution in [0, 0.1) is 0 Å². The molecule has 0 fully saturated rings. The first-order valence-corrected chi connectivity index (χ1v) is 19.7. The lowest BCUT2D eigenvalue weighted by Crippen LogP contribution is -2.52. The van der Waals surface area contributed by atoms with Gasteiger partial charge in [-0.2, -0.15) is 11.8 Å². The van der Waals surface area contributed by atoms with Gasteiger partial charge in [-0.1, -0.05) is 0 Å². The fourth-order valence-electron chi connectivity index (χ4n) is 2.56. The average Bonchev–Trinajstić information content (AvgIpc) is 2.38. The van der Waals surface area contributed by atoms with E-state index in [4.69, 9.17) is 18.1 Å². The highest BCUT2D eigenvalue weighted by molar-refractivity contribution is 7.99. The predicted molar refractivity (Wildman–Crippen MR) is 116 cm³/mol. The Morgan fingerprint density at radius 1 is 1.04 bits per heavy atom. The van der Waals surface area contributed by atoms with Crippen molar-refractivity contribution in [3.05, 3.63) is 0 Å². The lowest BCUT2D eigenvalue weighted by Gasteiger charge is -2.38. The van der Waals surface area contributed by atoms with Crippen molar-refractivity contribution >= 4 is 42.9 Å². The van der Waals surface area contributed by atoms with E-state index in [0.29, 0.717) is 18.1 Å². The number of ether oxygens (including phenoxy) is 1. The summed E-state index contributed by atoms with van der Waals surface area (Å²) < 4.78 is 18.5. The molecule has 6 nitrogen and oxygen atoms in total. The molecule has 0 aliphatic carbocycles. The number of thioether (sulfide) groups is 1. The third kappa shape index (κ3) is 16.5. The molecule has 0 aliphatic heterocycles. The van der Waals surface area contributed by atoms with Crippen LogP contribution >= 0.6 is 11.8 Å². The van der Waals surface area contributed by atoms with E-state index in [1.165, 1.54) is 11.8 Å². The van der Waals surface area contributed by atoms with Crippen LogP contribution in [0.3, 0.4) is 0 Å². The molecule has 1 atom stereocenters. The third-order valence-electron chi connectivity index (χ3n) is 3.04. The smallest absolute Gasteiger partial charge is 0.314 e. The van der Waals surface area contributed by atoms with Gasteiger partial charge in [-0.25, -0.2) is 0 Å². The first-order chi connectivity index (χ1) is 11.7. The normalized spacial score (nSPS) is 14.5. The second kappa shape index (κ2) is 12.0. The minimum absolute atomic E-state index is 0.121. The van der Waals surface area contributed by atoms with Crippen LogP contribution in [-0.2, 0) is 17.8 Å². The summed E-state index contributed by atoms with van der Waals surface area (Å²) in [5, 5.41) is 18.4. The number of hydrogen-bond acceptors (Lipinski definition) is 6. The van der Waals surface area contributed by atoms with Crippen molar-refractivity contribution in [2.45, 2.75) is 70.8 Å². The van der Waals surface area contributed by atoms with E-state index in [9.17, 15) is 9.90 Å². The standard InChI is InChI=1S/C16H38O6SSi3/c1-24(2,3)21-26(7,22-25(4,5)6)12-8-10-20-13-15(17)14-23-11-9-16(18)19/h15,17H,8-14H2,1-7H3,(H,18,19). The van der Waals surface area contributed by atoms with E-state index in [1.807, 2.05) is 0 Å². The highest BCUT2D eigenvalue weighted by Gasteiger charge is 2.39. The van der Waals surface area contributed by atoms with Crippen LogP contribution in [0.5, 0.6) is 0 Å². The van der Waals surface area contributed by atoms with E-state index in [2.05, 4.69) is 45.8 Å². The van der Waals surface area contributed by atoms with E-state index in [1.54, 1.807) is 0 Å². The van der Waals surface area contributed by atoms with Gasteiger partial charge in [-0.3, -0.25) is 4.79 Å². The van der Waals surface area contributed by atoms with Gasteiger partial charge in [0.05, 0.1) is 19.1 Å². The number of aliphatic carboxylic acids is 1. The second-order valence-electron chi connectivity index (χ2n) is 8.61. The number of carbonyl (C=O) groups is 1. The van der Waals surface area contributed by atoms with Crippen LogP contribution < -0.4 is 0 Å². The van der Waals surface area contributed by atoms with Gasteiger partial charge in [0.15, 0.2) is 16.6 Å². The van der Waals surface area contributed by atoms with E-state index >= 15 is 0 Å². The maximum atomic E-state index is 10.4. The molecule has 0 rings (SSSR count). The zero-order valence-corrected chi connectivity index (χ0v) is 21.3. The van der Waals surface area contributed by atoms with Gasteiger partial charge >= 0.3 is 14.5 Å². The molecule has 0 aromatic carbocycles. The molecule has 26 heavy (non-hydrogen) atoms. The van der Waals surface area contributed by atoms with Gasteiger partial charge in [0.2, 0.25) is 0 Å². The summed E-state index contributed by atoms with van der Waals surface area (Å²) in [6.07, 6.45) is 0.417. The van der Waals surface area contributed by atoms with E-state index in [0.717, 1.165) is 12.5 Å². The maximum absolute atomic E-state index is 10.4. The quantitative estimate of drug-likeness (QED) is 0.295. The molecule has 0 radical (unpaired) electrons. The van der Waals surface area contributed by atoms with Crippen molar-refractivity contribution < 1.29 is 28.0 Å². The number of carboxylic acid groups (broad SMARTS) is 1. The highest BCUT2D eigenvalue weighted by Crippen LogP contribution is 2.25. The topological polar surface area (TPSA) is 85.2 Å². The molecule has 0 spiro atoms. The van der Waals surface area contributed by atoms with Crippen LogP contribution in [-0.4, -0.2) is 72.2 Å². The monoisotopic (exact) mass is 442 g/mol. The van der Waals surface area contributed by atoms with Crippen molar-refractivity contribution in [1.82, 2.24) is 0 Å². The molecule has 1 unspecified atom stereocenters. The Bertz CT molecular complexity index is 396. The molecule has 2 N–H and O–H groups in total. The molecular weight excluding hydrogens is 404 g/mol. The zero-order valence-electron chi connectivity index (χ0n) is 17.5. The summed E-state index contributed by atoms with van der Waals surface area (Å²) in [6.45, 7) is 16.2. The van der Waals surface area contributed by atoms with Crippen LogP contribution in [0.4, 0.5) is 0 Å². The zero-order chi connectivity index (χ0) is 20.4. The summed E-state index contributed by atoms with van der Waals surface area (Å²) in [6, 6.07) is 0.894. The number of aliphatic hydroxyl groups excluding tert-OH is 1. The average molecular weight is 443 g/mol. The minimum Gasteiger partial charge on any atom is -0.481 e. The Morgan fingerprint density at radius 3 is 2.04 bits per heavy atom. The number of carboxylic acids is 1. The summed E-state index contributed by atoms with van der Waals surface area (Å²) in [5.74, 6) is 0.201. The van der Waals surface area contributed by atoms with Gasteiger partial charge in [0.25, 0.3) is 0 Å². The SMILES string of the molecule is C[Si](C)(C)O[Si](C)(CCCOCC(O)CSCCC(=O)O)O[Si](C)(C)C. The maximum Gasteiger partial charge on any atom is 0.314 e. The molecule has 0 bridgehead atoms. The van der Waals surface area contributed by atoms with Crippen LogP contribution in [0.15, 0.2) is 0 Å². The number of aliphatic hydroxyl groups is 1. The molecule has 0 saturated carbocycles. The summed E-state index contributed by atoms with van der Waals surface area (Å²) >= 11 is 1.44. The number of hydrogen-bond donors (Lipinski definition) is 2. The van der Waals surface area contributed by atoms with E-state index < -0.39 is 37.3 Å². The van der Waals surface area contributed by atoms with Crippen LogP contribution in [0.25, 0.3) is 0 Å². The number of rotatable bonds is 15. The summed E-state index contributed by atoms with van der Waals surface area (Å²) in [4.78, 5) is 10.4. The van der Waals surface area contributed by atoms with Crippen LogP contribution in [0.1, 0.15) is 12.8 Å². The Balaban J connectivity index is 4.13. The third-order valence-corrected chi connectivity index (χ3v) is 13.8. The van der Waals surface area contributed by atoms with Crippen molar-refractivity contribution in [3.63, 3.8) is 0 Å².